The Bertz CT molecular complexity index is 1080. The van der Waals surface area contributed by atoms with Gasteiger partial charge in [-0.3, -0.25) is 0 Å². The van der Waals surface area contributed by atoms with E-state index >= 15 is 0 Å². The molecule has 1 atom stereocenters. The number of hydrogen-bond donors (Lipinski definition) is 2. The summed E-state index contributed by atoms with van der Waals surface area (Å²) in [6, 6.07) is 7.56. The molecule has 3 N–H and O–H groups in total. The van der Waals surface area contributed by atoms with Crippen LogP contribution in [-0.2, 0) is 16.2 Å². The fourth-order valence-corrected chi connectivity index (χ4v) is 3.29. The number of benzene rings is 2. The van der Waals surface area contributed by atoms with Gasteiger partial charge < -0.3 is 10.0 Å². The first-order valence-corrected chi connectivity index (χ1v) is 9.63. The van der Waals surface area contributed by atoms with Crippen molar-refractivity contribution < 1.29 is 39.9 Å². The number of β-amino-alcohol motifs (C(OH)–C–C–N with tert-alkyl or cyclic N) is 1. The van der Waals surface area contributed by atoms with E-state index in [1.165, 1.54) is 0 Å². The van der Waals surface area contributed by atoms with Crippen LogP contribution in [0.25, 0.3) is 0 Å². The number of rotatable bonds is 3. The van der Waals surface area contributed by atoms with E-state index in [0.717, 1.165) is 41.3 Å². The second-order valence-electron chi connectivity index (χ2n) is 6.45. The first-order chi connectivity index (χ1) is 13.6. The Morgan fingerprint density at radius 1 is 0.967 bits per heavy atom. The minimum absolute atomic E-state index is 0.0116. The topological polar surface area (TPSA) is 96.0 Å². The average Bonchev–Trinajstić information content (AvgIpc) is 3.00. The fraction of sp³-hybridized carbons (Fsp3) is 0.235. The van der Waals surface area contributed by atoms with Gasteiger partial charge in [-0.15, -0.1) is 0 Å². The molecular weight excluding hydrogens is 440 g/mol. The second-order valence-corrected chi connectivity index (χ2v) is 8.01. The minimum atomic E-state index is -5.17. The number of sulfonamides is 1. The molecule has 0 saturated heterocycles. The maximum Gasteiger partial charge on any atom is 0.440 e. The predicted molar refractivity (Wildman–Crippen MR) is 94.1 cm³/mol. The maximum atomic E-state index is 13.3. The highest BCUT2D eigenvalue weighted by atomic mass is 32.2. The van der Waals surface area contributed by atoms with Crippen molar-refractivity contribution >= 4 is 21.5 Å². The lowest BCUT2D eigenvalue weighted by molar-refractivity contribution is -0.249. The van der Waals surface area contributed by atoms with Crippen LogP contribution in [0.3, 0.4) is 0 Å². The maximum absolute atomic E-state index is 13.3. The van der Waals surface area contributed by atoms with Crippen LogP contribution in [0.15, 0.2) is 58.4 Å². The van der Waals surface area contributed by atoms with E-state index in [1.54, 1.807) is 0 Å². The molecule has 0 fully saturated rings. The molecule has 0 saturated carbocycles. The van der Waals surface area contributed by atoms with E-state index in [2.05, 4.69) is 4.99 Å². The molecule has 0 aromatic heterocycles. The molecule has 13 heteroatoms. The van der Waals surface area contributed by atoms with E-state index in [-0.39, 0.29) is 16.1 Å². The van der Waals surface area contributed by atoms with Crippen LogP contribution in [0.2, 0.25) is 0 Å². The normalized spacial score (nSPS) is 20.4. The van der Waals surface area contributed by atoms with Crippen molar-refractivity contribution in [3.63, 3.8) is 0 Å². The van der Waals surface area contributed by atoms with Crippen LogP contribution >= 0.6 is 0 Å². The third-order valence-corrected chi connectivity index (χ3v) is 5.26. The number of nitrogens with two attached hydrogens (primary N) is 1. The van der Waals surface area contributed by atoms with Crippen LogP contribution in [0.1, 0.15) is 11.1 Å². The van der Waals surface area contributed by atoms with Crippen molar-refractivity contribution in [2.45, 2.75) is 23.0 Å². The van der Waals surface area contributed by atoms with Gasteiger partial charge in [-0.2, -0.15) is 26.3 Å². The van der Waals surface area contributed by atoms with Crippen molar-refractivity contribution in [2.75, 3.05) is 11.4 Å². The Morgan fingerprint density at radius 3 is 1.93 bits per heavy atom. The highest BCUT2D eigenvalue weighted by Gasteiger charge is 2.59. The molecule has 2 aromatic carbocycles. The van der Waals surface area contributed by atoms with E-state index in [9.17, 15) is 39.9 Å². The van der Waals surface area contributed by atoms with E-state index in [0.29, 0.717) is 12.1 Å². The molecule has 3 rings (SSSR count). The summed E-state index contributed by atoms with van der Waals surface area (Å²) in [5, 5.41) is 15.0. The number of hydrogen-bond acceptors (Lipinski definition) is 5. The van der Waals surface area contributed by atoms with Crippen LogP contribution in [0, 0.1) is 0 Å². The molecule has 0 spiro atoms. The number of alkyl halides is 6. The Balaban J connectivity index is 2.07. The third kappa shape index (κ3) is 4.13. The quantitative estimate of drug-likeness (QED) is 0.699. The summed E-state index contributed by atoms with van der Waals surface area (Å²) in [6.07, 6.45) is -9.81. The SMILES string of the molecule is NS(=O)(=O)c1ccc(C2=NC(O)(C(F)(F)F)CN2c2ccc(C(F)(F)F)cc2)cc1. The van der Waals surface area contributed by atoms with Gasteiger partial charge in [0.1, 0.15) is 5.84 Å². The van der Waals surface area contributed by atoms with Gasteiger partial charge in [0.05, 0.1) is 17.0 Å². The van der Waals surface area contributed by atoms with Gasteiger partial charge in [-0.1, -0.05) is 0 Å². The van der Waals surface area contributed by atoms with Crippen molar-refractivity contribution in [3.05, 3.63) is 59.7 Å². The van der Waals surface area contributed by atoms with Gasteiger partial charge in [-0.05, 0) is 48.5 Å². The van der Waals surface area contributed by atoms with E-state index in [4.69, 9.17) is 5.14 Å². The monoisotopic (exact) mass is 453 g/mol. The number of aliphatic imine (C=N–C) groups is 1. The molecule has 1 heterocycles. The predicted octanol–water partition coefficient (Wildman–Crippen LogP) is 2.87. The number of amidine groups is 1. The van der Waals surface area contributed by atoms with Crippen LogP contribution in [-0.4, -0.2) is 37.8 Å². The van der Waals surface area contributed by atoms with Gasteiger partial charge in [0.2, 0.25) is 10.0 Å². The molecular formula is C17H13F6N3O3S. The lowest BCUT2D eigenvalue weighted by Gasteiger charge is -2.26. The molecule has 2 aromatic rings. The Morgan fingerprint density at radius 2 is 1.50 bits per heavy atom. The zero-order chi connectivity index (χ0) is 22.5. The summed E-state index contributed by atoms with van der Waals surface area (Å²) >= 11 is 0. The molecule has 0 aliphatic carbocycles. The summed E-state index contributed by atoms with van der Waals surface area (Å²) in [7, 11) is -4.06. The first-order valence-electron chi connectivity index (χ1n) is 8.09. The average molecular weight is 453 g/mol. The summed E-state index contributed by atoms with van der Waals surface area (Å²) in [4.78, 5) is 3.93. The molecule has 0 amide bonds. The van der Waals surface area contributed by atoms with Crippen LogP contribution < -0.4 is 10.0 Å². The van der Waals surface area contributed by atoms with Crippen molar-refractivity contribution in [1.29, 1.82) is 0 Å². The second kappa shape index (κ2) is 6.96. The van der Waals surface area contributed by atoms with Crippen LogP contribution in [0.5, 0.6) is 0 Å². The Kier molecular flexibility index (Phi) is 5.12. The smallest absolute Gasteiger partial charge is 0.361 e. The molecule has 1 aliphatic heterocycles. The molecule has 1 aliphatic rings. The molecule has 0 bridgehead atoms. The van der Waals surface area contributed by atoms with E-state index in [1.807, 2.05) is 0 Å². The molecule has 0 radical (unpaired) electrons. The fourth-order valence-electron chi connectivity index (χ4n) is 2.78. The van der Waals surface area contributed by atoms with Gasteiger partial charge in [-0.25, -0.2) is 18.5 Å². The number of aliphatic hydroxyl groups is 1. The number of anilines is 1. The lowest BCUT2D eigenvalue weighted by atomic mass is 10.1. The summed E-state index contributed by atoms with van der Waals surface area (Å²) in [5.74, 6) is -0.407. The number of halogens is 6. The van der Waals surface area contributed by atoms with Gasteiger partial charge >= 0.3 is 12.4 Å². The van der Waals surface area contributed by atoms with Crippen LogP contribution in [0.4, 0.5) is 32.0 Å². The van der Waals surface area contributed by atoms with Crippen molar-refractivity contribution in [2.24, 2.45) is 10.1 Å². The van der Waals surface area contributed by atoms with E-state index < -0.39 is 46.0 Å². The zero-order valence-corrected chi connectivity index (χ0v) is 15.6. The van der Waals surface area contributed by atoms with Crippen molar-refractivity contribution in [3.8, 4) is 0 Å². The van der Waals surface area contributed by atoms with Gasteiger partial charge in [0, 0.05) is 11.3 Å². The molecule has 6 nitrogen and oxygen atoms in total. The lowest BCUT2D eigenvalue weighted by Crippen LogP contribution is -2.47. The number of nitrogens with zero attached hydrogens (tertiary/aromatic N) is 2. The highest BCUT2D eigenvalue weighted by Crippen LogP contribution is 2.39. The Labute approximate surface area is 166 Å². The largest absolute Gasteiger partial charge is 0.440 e. The van der Waals surface area contributed by atoms with Crippen molar-refractivity contribution in [1.82, 2.24) is 0 Å². The molecule has 30 heavy (non-hydrogen) atoms. The van der Waals surface area contributed by atoms with Gasteiger partial charge in [0.15, 0.2) is 0 Å². The standard InChI is InChI=1S/C17H13F6N3O3S/c18-16(19,20)11-3-5-12(6-4-11)26-9-15(27,17(21,22)23)25-14(26)10-1-7-13(8-2-10)30(24,28)29/h1-8,27H,9H2,(H2,24,28,29). The number of primary sulfonamides is 1. The summed E-state index contributed by atoms with van der Waals surface area (Å²) < 4.78 is 101. The van der Waals surface area contributed by atoms with Gasteiger partial charge in [0.25, 0.3) is 5.72 Å². The minimum Gasteiger partial charge on any atom is -0.361 e. The Hall–Kier alpha value is -2.64. The third-order valence-electron chi connectivity index (χ3n) is 4.33. The first kappa shape index (κ1) is 22.1. The molecule has 1 unspecified atom stereocenters. The summed E-state index contributed by atoms with van der Waals surface area (Å²) in [6.45, 7) is -1.10. The highest BCUT2D eigenvalue weighted by molar-refractivity contribution is 7.89. The summed E-state index contributed by atoms with van der Waals surface area (Å²) in [5.41, 5.74) is -4.61. The molecule has 162 valence electrons. The zero-order valence-electron chi connectivity index (χ0n) is 14.7.